The molecular formula is C14H14N4O. The molecule has 5 heteroatoms. The predicted octanol–water partition coefficient (Wildman–Crippen LogP) is 1.27. The van der Waals surface area contributed by atoms with Crippen molar-refractivity contribution in [2.24, 2.45) is 5.73 Å². The van der Waals surface area contributed by atoms with Crippen LogP contribution in [-0.4, -0.2) is 16.1 Å². The number of nitrogens with zero attached hydrogens (tertiary/aromatic N) is 1. The van der Waals surface area contributed by atoms with Crippen LogP contribution in [-0.2, 0) is 12.8 Å². The lowest BCUT2D eigenvalue weighted by Crippen LogP contribution is -2.15. The number of carbonyl (C=O) groups is 1. The lowest BCUT2D eigenvalue weighted by atomic mass is 9.89. The molecule has 1 aromatic carbocycles. The van der Waals surface area contributed by atoms with Gasteiger partial charge in [0.25, 0.3) is 5.91 Å². The summed E-state index contributed by atoms with van der Waals surface area (Å²) in [5, 5.41) is 6.69. The number of benzene rings is 1. The van der Waals surface area contributed by atoms with Crippen LogP contribution in [0.3, 0.4) is 0 Å². The maximum Gasteiger partial charge on any atom is 0.254 e. The van der Waals surface area contributed by atoms with Gasteiger partial charge in [-0.05, 0) is 29.5 Å². The second-order valence-electron chi connectivity index (χ2n) is 4.60. The van der Waals surface area contributed by atoms with E-state index in [9.17, 15) is 4.79 Å². The molecule has 0 aliphatic heterocycles. The summed E-state index contributed by atoms with van der Waals surface area (Å²) >= 11 is 0. The lowest BCUT2D eigenvalue weighted by molar-refractivity contribution is 0.100. The average Bonchev–Trinajstić information content (AvgIpc) is 2.80. The number of H-pyrrole nitrogens is 1. The Morgan fingerprint density at radius 2 is 2.00 bits per heavy atom. The summed E-state index contributed by atoms with van der Waals surface area (Å²) in [6.45, 7) is 0. The molecule has 0 saturated carbocycles. The number of amides is 1. The van der Waals surface area contributed by atoms with E-state index < -0.39 is 5.91 Å². The van der Waals surface area contributed by atoms with Crippen molar-refractivity contribution < 1.29 is 4.79 Å². The van der Waals surface area contributed by atoms with Crippen LogP contribution in [0.25, 0.3) is 5.57 Å². The van der Waals surface area contributed by atoms with Gasteiger partial charge in [-0.25, -0.2) is 0 Å². The molecule has 0 atom stereocenters. The van der Waals surface area contributed by atoms with Gasteiger partial charge in [0.05, 0.1) is 5.69 Å². The SMILES string of the molecule is NC(=O)c1c(N)n[nH]c1C1=CCc2ccccc2C1. The van der Waals surface area contributed by atoms with Crippen molar-refractivity contribution in [3.8, 4) is 0 Å². The zero-order chi connectivity index (χ0) is 13.4. The molecule has 0 unspecified atom stereocenters. The number of rotatable bonds is 2. The minimum Gasteiger partial charge on any atom is -0.382 e. The summed E-state index contributed by atoms with van der Waals surface area (Å²) in [7, 11) is 0. The smallest absolute Gasteiger partial charge is 0.254 e. The number of aromatic amines is 1. The van der Waals surface area contributed by atoms with Crippen molar-refractivity contribution in [3.05, 3.63) is 52.7 Å². The third kappa shape index (κ3) is 1.89. The second-order valence-corrected chi connectivity index (χ2v) is 4.60. The Morgan fingerprint density at radius 1 is 1.26 bits per heavy atom. The van der Waals surface area contributed by atoms with Crippen LogP contribution in [0, 0.1) is 0 Å². The fraction of sp³-hybridized carbons (Fsp3) is 0.143. The first kappa shape index (κ1) is 11.5. The molecule has 0 radical (unpaired) electrons. The maximum atomic E-state index is 11.4. The first-order valence-corrected chi connectivity index (χ1v) is 6.06. The molecule has 5 nitrogen and oxygen atoms in total. The quantitative estimate of drug-likeness (QED) is 0.752. The average molecular weight is 254 g/mol. The molecule has 0 spiro atoms. The third-order valence-corrected chi connectivity index (χ3v) is 3.43. The number of anilines is 1. The Balaban J connectivity index is 2.02. The summed E-state index contributed by atoms with van der Waals surface area (Å²) < 4.78 is 0. The first-order valence-electron chi connectivity index (χ1n) is 6.06. The van der Waals surface area contributed by atoms with Crippen molar-refractivity contribution in [3.63, 3.8) is 0 Å². The monoisotopic (exact) mass is 254 g/mol. The topological polar surface area (TPSA) is 97.8 Å². The third-order valence-electron chi connectivity index (χ3n) is 3.43. The maximum absolute atomic E-state index is 11.4. The zero-order valence-corrected chi connectivity index (χ0v) is 10.3. The Bertz CT molecular complexity index is 685. The number of allylic oxidation sites excluding steroid dienone is 2. The highest BCUT2D eigenvalue weighted by Gasteiger charge is 2.21. The van der Waals surface area contributed by atoms with Crippen LogP contribution in [0.5, 0.6) is 0 Å². The van der Waals surface area contributed by atoms with Crippen molar-refractivity contribution in [2.75, 3.05) is 5.73 Å². The van der Waals surface area contributed by atoms with E-state index in [0.29, 0.717) is 5.69 Å². The molecule has 5 N–H and O–H groups in total. The Hall–Kier alpha value is -2.56. The van der Waals surface area contributed by atoms with Gasteiger partial charge in [0, 0.05) is 0 Å². The standard InChI is InChI=1S/C14H14N4O/c15-13-11(14(16)19)12(17-18-13)10-6-5-8-3-1-2-4-9(8)7-10/h1-4,6H,5,7H2,(H2,16,19)(H3,15,17,18). The largest absolute Gasteiger partial charge is 0.382 e. The van der Waals surface area contributed by atoms with Crippen molar-refractivity contribution in [2.45, 2.75) is 12.8 Å². The summed E-state index contributed by atoms with van der Waals surface area (Å²) in [5.74, 6) is -0.400. The van der Waals surface area contributed by atoms with Crippen LogP contribution in [0.2, 0.25) is 0 Å². The van der Waals surface area contributed by atoms with Crippen LogP contribution in [0.4, 0.5) is 5.82 Å². The van der Waals surface area contributed by atoms with Gasteiger partial charge in [0.1, 0.15) is 5.56 Å². The highest BCUT2D eigenvalue weighted by atomic mass is 16.1. The van der Waals surface area contributed by atoms with Gasteiger partial charge in [0.2, 0.25) is 0 Å². The van der Waals surface area contributed by atoms with Gasteiger partial charge in [-0.3, -0.25) is 9.89 Å². The molecule has 1 aliphatic carbocycles. The van der Waals surface area contributed by atoms with E-state index in [0.717, 1.165) is 18.4 Å². The molecule has 0 fully saturated rings. The zero-order valence-electron chi connectivity index (χ0n) is 10.3. The molecule has 2 aromatic rings. The number of aromatic nitrogens is 2. The van der Waals surface area contributed by atoms with E-state index in [1.165, 1.54) is 11.1 Å². The van der Waals surface area contributed by atoms with Crippen LogP contribution < -0.4 is 11.5 Å². The molecule has 3 rings (SSSR count). The van der Waals surface area contributed by atoms with E-state index in [1.807, 2.05) is 12.1 Å². The summed E-state index contributed by atoms with van der Waals surface area (Å²) in [4.78, 5) is 11.4. The van der Waals surface area contributed by atoms with Gasteiger partial charge in [-0.2, -0.15) is 5.10 Å². The molecule has 19 heavy (non-hydrogen) atoms. The van der Waals surface area contributed by atoms with Gasteiger partial charge in [-0.15, -0.1) is 0 Å². The molecule has 1 aliphatic rings. The molecular weight excluding hydrogens is 240 g/mol. The Morgan fingerprint density at radius 3 is 2.74 bits per heavy atom. The number of hydrogen-bond donors (Lipinski definition) is 3. The predicted molar refractivity (Wildman–Crippen MR) is 73.3 cm³/mol. The summed E-state index contributed by atoms with van der Waals surface area (Å²) in [6, 6.07) is 8.24. The number of fused-ring (bicyclic) bond motifs is 1. The number of nitrogens with two attached hydrogens (primary N) is 2. The Labute approximate surface area is 110 Å². The lowest BCUT2D eigenvalue weighted by Gasteiger charge is -2.16. The number of hydrogen-bond acceptors (Lipinski definition) is 3. The molecule has 1 aromatic heterocycles. The van der Waals surface area contributed by atoms with Crippen molar-refractivity contribution in [1.82, 2.24) is 10.2 Å². The number of nitrogen functional groups attached to an aromatic ring is 1. The minimum atomic E-state index is -0.555. The summed E-state index contributed by atoms with van der Waals surface area (Å²) in [6.07, 6.45) is 3.67. The molecule has 0 bridgehead atoms. The first-order chi connectivity index (χ1) is 9.16. The molecule has 1 heterocycles. The van der Waals surface area contributed by atoms with Gasteiger partial charge < -0.3 is 11.5 Å². The molecule has 1 amide bonds. The van der Waals surface area contributed by atoms with E-state index in [2.05, 4.69) is 28.4 Å². The van der Waals surface area contributed by atoms with Crippen LogP contribution in [0.15, 0.2) is 30.3 Å². The van der Waals surface area contributed by atoms with Crippen LogP contribution >= 0.6 is 0 Å². The van der Waals surface area contributed by atoms with Gasteiger partial charge >= 0.3 is 0 Å². The van der Waals surface area contributed by atoms with E-state index in [4.69, 9.17) is 11.5 Å². The van der Waals surface area contributed by atoms with Gasteiger partial charge in [-0.1, -0.05) is 30.3 Å². The normalized spacial score (nSPS) is 13.8. The van der Waals surface area contributed by atoms with Crippen LogP contribution in [0.1, 0.15) is 27.2 Å². The highest BCUT2D eigenvalue weighted by molar-refractivity contribution is 6.01. The van der Waals surface area contributed by atoms with Gasteiger partial charge in [0.15, 0.2) is 5.82 Å². The van der Waals surface area contributed by atoms with E-state index >= 15 is 0 Å². The molecule has 0 saturated heterocycles. The minimum absolute atomic E-state index is 0.155. The van der Waals surface area contributed by atoms with Crippen molar-refractivity contribution in [1.29, 1.82) is 0 Å². The Kier molecular flexibility index (Phi) is 2.59. The van der Waals surface area contributed by atoms with E-state index in [1.54, 1.807) is 0 Å². The van der Waals surface area contributed by atoms with E-state index in [-0.39, 0.29) is 11.4 Å². The number of nitrogens with one attached hydrogen (secondary N) is 1. The summed E-state index contributed by atoms with van der Waals surface area (Å²) in [5.41, 5.74) is 15.5. The second kappa shape index (κ2) is 4.28. The fourth-order valence-electron chi connectivity index (χ4n) is 2.47. The number of carbonyl (C=O) groups excluding carboxylic acids is 1. The molecule has 96 valence electrons. The number of primary amides is 1. The highest BCUT2D eigenvalue weighted by Crippen LogP contribution is 2.29. The fourth-order valence-corrected chi connectivity index (χ4v) is 2.47. The van der Waals surface area contributed by atoms with Crippen molar-refractivity contribution >= 4 is 17.3 Å².